The van der Waals surface area contributed by atoms with Gasteiger partial charge in [-0.1, -0.05) is 17.7 Å². The molecule has 0 saturated heterocycles. The number of benzene rings is 2. The number of hydrogen-bond donors (Lipinski definition) is 1. The summed E-state index contributed by atoms with van der Waals surface area (Å²) in [6.07, 6.45) is 0. The highest BCUT2D eigenvalue weighted by atomic mass is 32.1. The van der Waals surface area contributed by atoms with Crippen molar-refractivity contribution in [1.82, 2.24) is 4.98 Å². The van der Waals surface area contributed by atoms with Crippen LogP contribution in [0.25, 0.3) is 11.3 Å². The van der Waals surface area contributed by atoms with Gasteiger partial charge in [0.25, 0.3) is 0 Å². The van der Waals surface area contributed by atoms with Gasteiger partial charge in [0.1, 0.15) is 11.9 Å². The van der Waals surface area contributed by atoms with E-state index in [2.05, 4.69) is 21.6 Å². The average molecular weight is 350 g/mol. The number of hydrogen-bond acceptors (Lipinski definition) is 5. The molecule has 2 aromatic carbocycles. The Balaban J connectivity index is 1.84. The van der Waals surface area contributed by atoms with Crippen LogP contribution in [0.2, 0.25) is 0 Å². The zero-order valence-corrected chi connectivity index (χ0v) is 14.6. The highest BCUT2D eigenvalue weighted by Crippen LogP contribution is 2.23. The SMILES string of the molecule is Cc1ccc(N/N=C(/C#N)c2nc(-c3ccc(F)cc3)cs2)c(C)c1. The number of nitrogens with one attached hydrogen (secondary N) is 1. The van der Waals surface area contributed by atoms with Gasteiger partial charge in [-0.05, 0) is 49.7 Å². The highest BCUT2D eigenvalue weighted by molar-refractivity contribution is 7.12. The number of anilines is 1. The fourth-order valence-corrected chi connectivity index (χ4v) is 3.08. The van der Waals surface area contributed by atoms with E-state index >= 15 is 0 Å². The first-order chi connectivity index (χ1) is 12.1. The van der Waals surface area contributed by atoms with Crippen LogP contribution < -0.4 is 5.43 Å². The van der Waals surface area contributed by atoms with Gasteiger partial charge < -0.3 is 0 Å². The van der Waals surface area contributed by atoms with Crippen molar-refractivity contribution >= 4 is 22.7 Å². The summed E-state index contributed by atoms with van der Waals surface area (Å²) < 4.78 is 13.0. The summed E-state index contributed by atoms with van der Waals surface area (Å²) in [7, 11) is 0. The fraction of sp³-hybridized carbons (Fsp3) is 0.105. The van der Waals surface area contributed by atoms with E-state index in [1.54, 1.807) is 12.1 Å². The first-order valence-corrected chi connectivity index (χ1v) is 8.47. The van der Waals surface area contributed by atoms with E-state index in [0.29, 0.717) is 10.7 Å². The van der Waals surface area contributed by atoms with Gasteiger partial charge >= 0.3 is 0 Å². The zero-order valence-electron chi connectivity index (χ0n) is 13.7. The molecule has 4 nitrogen and oxygen atoms in total. The average Bonchev–Trinajstić information content (AvgIpc) is 3.07. The molecule has 25 heavy (non-hydrogen) atoms. The van der Waals surface area contributed by atoms with Crippen LogP contribution in [0.3, 0.4) is 0 Å². The van der Waals surface area contributed by atoms with E-state index < -0.39 is 0 Å². The minimum atomic E-state index is -0.295. The summed E-state index contributed by atoms with van der Waals surface area (Å²) in [4.78, 5) is 4.43. The Kier molecular flexibility index (Phi) is 4.87. The van der Waals surface area contributed by atoms with Crippen LogP contribution in [-0.4, -0.2) is 10.7 Å². The van der Waals surface area contributed by atoms with Crippen LogP contribution in [0.15, 0.2) is 52.9 Å². The molecule has 0 bridgehead atoms. The first kappa shape index (κ1) is 16.8. The number of nitrogens with zero attached hydrogens (tertiary/aromatic N) is 3. The van der Waals surface area contributed by atoms with Crippen LogP contribution in [-0.2, 0) is 0 Å². The predicted octanol–water partition coefficient (Wildman–Crippen LogP) is 4.91. The van der Waals surface area contributed by atoms with Crippen molar-refractivity contribution in [3.05, 3.63) is 69.8 Å². The van der Waals surface area contributed by atoms with Crippen molar-refractivity contribution in [2.45, 2.75) is 13.8 Å². The number of aromatic nitrogens is 1. The molecule has 0 unspecified atom stereocenters. The van der Waals surface area contributed by atoms with Crippen molar-refractivity contribution < 1.29 is 4.39 Å². The molecule has 0 atom stereocenters. The van der Waals surface area contributed by atoms with E-state index in [9.17, 15) is 9.65 Å². The number of nitriles is 1. The molecule has 3 aromatic rings. The second-order valence-electron chi connectivity index (χ2n) is 5.55. The van der Waals surface area contributed by atoms with Crippen molar-refractivity contribution in [2.24, 2.45) is 5.10 Å². The topological polar surface area (TPSA) is 61.1 Å². The van der Waals surface area contributed by atoms with Gasteiger partial charge in [0, 0.05) is 10.9 Å². The molecule has 0 saturated carbocycles. The molecular formula is C19H15FN4S. The van der Waals surface area contributed by atoms with Crippen LogP contribution >= 0.6 is 11.3 Å². The normalized spacial score (nSPS) is 11.2. The van der Waals surface area contributed by atoms with Crippen LogP contribution in [0, 0.1) is 31.0 Å². The lowest BCUT2D eigenvalue weighted by Crippen LogP contribution is -2.02. The number of rotatable bonds is 4. The third-order valence-electron chi connectivity index (χ3n) is 3.62. The monoisotopic (exact) mass is 350 g/mol. The summed E-state index contributed by atoms with van der Waals surface area (Å²) in [5.41, 5.74) is 7.67. The van der Waals surface area contributed by atoms with Gasteiger partial charge in [-0.25, -0.2) is 9.37 Å². The summed E-state index contributed by atoms with van der Waals surface area (Å²) in [5, 5.41) is 15.9. The van der Waals surface area contributed by atoms with Crippen LogP contribution in [0.4, 0.5) is 10.1 Å². The lowest BCUT2D eigenvalue weighted by atomic mass is 10.1. The molecule has 1 heterocycles. The maximum Gasteiger partial charge on any atom is 0.196 e. The maximum absolute atomic E-state index is 13.0. The quantitative estimate of drug-likeness (QED) is 0.537. The van der Waals surface area contributed by atoms with Gasteiger partial charge in [-0.3, -0.25) is 5.43 Å². The summed E-state index contributed by atoms with van der Waals surface area (Å²) in [5.74, 6) is -0.295. The molecule has 0 fully saturated rings. The Labute approximate surface area is 149 Å². The predicted molar refractivity (Wildman–Crippen MR) is 99.2 cm³/mol. The van der Waals surface area contributed by atoms with Crippen molar-refractivity contribution in [3.8, 4) is 17.3 Å². The zero-order chi connectivity index (χ0) is 17.8. The Morgan fingerprint density at radius 3 is 2.64 bits per heavy atom. The molecule has 0 aliphatic rings. The summed E-state index contributed by atoms with van der Waals surface area (Å²) in [6, 6.07) is 14.1. The van der Waals surface area contributed by atoms with Crippen LogP contribution in [0.5, 0.6) is 0 Å². The van der Waals surface area contributed by atoms with E-state index in [4.69, 9.17) is 0 Å². The Bertz CT molecular complexity index is 968. The van der Waals surface area contributed by atoms with E-state index in [0.717, 1.165) is 22.4 Å². The molecule has 3 rings (SSSR count). The number of aryl methyl sites for hydroxylation is 2. The van der Waals surface area contributed by atoms with E-state index in [1.165, 1.54) is 23.5 Å². The first-order valence-electron chi connectivity index (χ1n) is 7.59. The fourth-order valence-electron chi connectivity index (χ4n) is 2.31. The van der Waals surface area contributed by atoms with Crippen molar-refractivity contribution in [2.75, 3.05) is 5.43 Å². The minimum absolute atomic E-state index is 0.207. The molecule has 0 amide bonds. The molecule has 0 radical (unpaired) electrons. The van der Waals surface area contributed by atoms with Gasteiger partial charge in [-0.2, -0.15) is 10.4 Å². The van der Waals surface area contributed by atoms with Crippen molar-refractivity contribution in [3.63, 3.8) is 0 Å². The minimum Gasteiger partial charge on any atom is -0.277 e. The smallest absolute Gasteiger partial charge is 0.196 e. The summed E-state index contributed by atoms with van der Waals surface area (Å²) in [6.45, 7) is 4.00. The number of hydrazone groups is 1. The van der Waals surface area contributed by atoms with Gasteiger partial charge in [-0.15, -0.1) is 11.3 Å². The molecule has 1 N–H and O–H groups in total. The summed E-state index contributed by atoms with van der Waals surface area (Å²) >= 11 is 1.32. The molecular weight excluding hydrogens is 335 g/mol. The van der Waals surface area contributed by atoms with Gasteiger partial charge in [0.2, 0.25) is 0 Å². The van der Waals surface area contributed by atoms with Gasteiger partial charge in [0.15, 0.2) is 10.7 Å². The second kappa shape index (κ2) is 7.24. The third-order valence-corrected chi connectivity index (χ3v) is 4.47. The molecule has 1 aromatic heterocycles. The van der Waals surface area contributed by atoms with E-state index in [1.807, 2.05) is 37.4 Å². The van der Waals surface area contributed by atoms with Crippen LogP contribution in [0.1, 0.15) is 16.1 Å². The third kappa shape index (κ3) is 3.90. The second-order valence-corrected chi connectivity index (χ2v) is 6.41. The van der Waals surface area contributed by atoms with Gasteiger partial charge in [0.05, 0.1) is 11.4 Å². The highest BCUT2D eigenvalue weighted by Gasteiger charge is 2.11. The van der Waals surface area contributed by atoms with E-state index in [-0.39, 0.29) is 11.5 Å². The maximum atomic E-state index is 13.0. The number of thiazole rings is 1. The molecule has 6 heteroatoms. The Morgan fingerprint density at radius 2 is 1.96 bits per heavy atom. The molecule has 0 aliphatic heterocycles. The Morgan fingerprint density at radius 1 is 1.20 bits per heavy atom. The lowest BCUT2D eigenvalue weighted by molar-refractivity contribution is 0.628. The standard InChI is InChI=1S/C19H15FN4S/c1-12-3-8-16(13(2)9-12)23-24-17(10-21)19-22-18(11-25-19)14-4-6-15(20)7-5-14/h3-9,11,23H,1-2H3/b24-17-. The Hall–Kier alpha value is -3.04. The largest absolute Gasteiger partial charge is 0.277 e. The lowest BCUT2D eigenvalue weighted by Gasteiger charge is -2.05. The molecule has 124 valence electrons. The number of halogens is 1. The molecule has 0 spiro atoms. The molecule has 0 aliphatic carbocycles. The van der Waals surface area contributed by atoms with Crippen molar-refractivity contribution in [1.29, 1.82) is 5.26 Å².